The first-order chi connectivity index (χ1) is 8.70. The Morgan fingerprint density at radius 3 is 2.61 bits per heavy atom. The van der Waals surface area contributed by atoms with Crippen molar-refractivity contribution in [2.45, 2.75) is 13.0 Å². The van der Waals surface area contributed by atoms with Crippen molar-refractivity contribution in [1.82, 2.24) is 5.32 Å². The highest BCUT2D eigenvalue weighted by Gasteiger charge is 2.12. The number of benzene rings is 2. The molecule has 0 saturated carbocycles. The first-order valence-corrected chi connectivity index (χ1v) is 7.35. The number of carbonyl (C=O) groups is 1. The minimum atomic E-state index is 0.0159. The number of thioether (sulfide) groups is 1. The fourth-order valence-corrected chi connectivity index (χ4v) is 2.67. The van der Waals surface area contributed by atoms with E-state index in [-0.39, 0.29) is 11.9 Å². The zero-order chi connectivity index (χ0) is 13.0. The van der Waals surface area contributed by atoms with Gasteiger partial charge in [0, 0.05) is 12.7 Å². The second kappa shape index (κ2) is 5.91. The summed E-state index contributed by atoms with van der Waals surface area (Å²) in [5, 5.41) is 5.45. The summed E-state index contributed by atoms with van der Waals surface area (Å²) in [4.78, 5) is 11.2. The maximum atomic E-state index is 11.2. The molecule has 94 valence electrons. The minimum Gasteiger partial charge on any atom is -0.349 e. The molecule has 0 aliphatic heterocycles. The van der Waals surface area contributed by atoms with E-state index in [2.05, 4.69) is 41.9 Å². The lowest BCUT2D eigenvalue weighted by atomic mass is 10.0. The van der Waals surface area contributed by atoms with Crippen LogP contribution < -0.4 is 5.32 Å². The van der Waals surface area contributed by atoms with Gasteiger partial charge in [0.25, 0.3) is 0 Å². The summed E-state index contributed by atoms with van der Waals surface area (Å²) in [6, 6.07) is 14.7. The Morgan fingerprint density at radius 1 is 1.22 bits per heavy atom. The molecule has 1 N–H and O–H groups in total. The SMILES string of the molecule is CSC[C@@H](NC(C)=O)c1ccc2ccccc2c1. The molecule has 2 rings (SSSR count). The van der Waals surface area contributed by atoms with Crippen LogP contribution in [0.1, 0.15) is 18.5 Å². The fourth-order valence-electron chi connectivity index (χ4n) is 2.06. The highest BCUT2D eigenvalue weighted by Crippen LogP contribution is 2.22. The number of fused-ring (bicyclic) bond motifs is 1. The molecule has 18 heavy (non-hydrogen) atoms. The Balaban J connectivity index is 2.34. The third-order valence-electron chi connectivity index (χ3n) is 2.89. The van der Waals surface area contributed by atoms with E-state index in [1.54, 1.807) is 18.7 Å². The summed E-state index contributed by atoms with van der Waals surface area (Å²) in [5.74, 6) is 0.903. The van der Waals surface area contributed by atoms with Crippen molar-refractivity contribution in [3.05, 3.63) is 48.0 Å². The van der Waals surface area contributed by atoms with Crippen LogP contribution >= 0.6 is 11.8 Å². The van der Waals surface area contributed by atoms with Gasteiger partial charge in [-0.15, -0.1) is 0 Å². The van der Waals surface area contributed by atoms with Crippen LogP contribution in [-0.2, 0) is 4.79 Å². The van der Waals surface area contributed by atoms with E-state index in [9.17, 15) is 4.79 Å². The number of rotatable bonds is 4. The van der Waals surface area contributed by atoms with Gasteiger partial charge in [0.05, 0.1) is 6.04 Å². The number of hydrogen-bond acceptors (Lipinski definition) is 2. The van der Waals surface area contributed by atoms with E-state index < -0.39 is 0 Å². The Morgan fingerprint density at radius 2 is 1.94 bits per heavy atom. The summed E-state index contributed by atoms with van der Waals surface area (Å²) in [7, 11) is 0. The molecule has 0 unspecified atom stereocenters. The summed E-state index contributed by atoms with van der Waals surface area (Å²) in [6.07, 6.45) is 2.05. The molecule has 0 aliphatic rings. The lowest BCUT2D eigenvalue weighted by molar-refractivity contribution is -0.119. The Kier molecular flexibility index (Phi) is 4.26. The van der Waals surface area contributed by atoms with Crippen LogP contribution in [0.5, 0.6) is 0 Å². The van der Waals surface area contributed by atoms with Gasteiger partial charge < -0.3 is 5.32 Å². The van der Waals surface area contributed by atoms with E-state index in [4.69, 9.17) is 0 Å². The summed E-state index contributed by atoms with van der Waals surface area (Å²) in [6.45, 7) is 1.56. The van der Waals surface area contributed by atoms with Crippen molar-refractivity contribution in [2.24, 2.45) is 0 Å². The Bertz CT molecular complexity index is 553. The molecule has 2 aromatic rings. The van der Waals surface area contributed by atoms with Crippen molar-refractivity contribution < 1.29 is 4.79 Å². The van der Waals surface area contributed by atoms with Gasteiger partial charge in [-0.25, -0.2) is 0 Å². The predicted molar refractivity (Wildman–Crippen MR) is 78.9 cm³/mol. The van der Waals surface area contributed by atoms with E-state index in [0.29, 0.717) is 0 Å². The van der Waals surface area contributed by atoms with Gasteiger partial charge >= 0.3 is 0 Å². The lowest BCUT2D eigenvalue weighted by Crippen LogP contribution is -2.27. The van der Waals surface area contributed by atoms with Crippen molar-refractivity contribution in [2.75, 3.05) is 12.0 Å². The van der Waals surface area contributed by atoms with Gasteiger partial charge in [0.2, 0.25) is 5.91 Å². The van der Waals surface area contributed by atoms with Crippen LogP contribution in [0.4, 0.5) is 0 Å². The van der Waals surface area contributed by atoms with Crippen LogP contribution in [0, 0.1) is 0 Å². The first kappa shape index (κ1) is 13.0. The van der Waals surface area contributed by atoms with Gasteiger partial charge in [-0.1, -0.05) is 36.4 Å². The van der Waals surface area contributed by atoms with Crippen LogP contribution in [0.2, 0.25) is 0 Å². The number of amides is 1. The monoisotopic (exact) mass is 259 g/mol. The average Bonchev–Trinajstić information content (AvgIpc) is 2.37. The maximum Gasteiger partial charge on any atom is 0.217 e. The molecule has 0 spiro atoms. The summed E-state index contributed by atoms with van der Waals surface area (Å²) >= 11 is 1.74. The van der Waals surface area contributed by atoms with Crippen LogP contribution in [0.15, 0.2) is 42.5 Å². The summed E-state index contributed by atoms with van der Waals surface area (Å²) < 4.78 is 0. The molecular formula is C15H17NOS. The van der Waals surface area contributed by atoms with Crippen molar-refractivity contribution in [3.63, 3.8) is 0 Å². The molecule has 0 aliphatic carbocycles. The lowest BCUT2D eigenvalue weighted by Gasteiger charge is -2.17. The second-order valence-electron chi connectivity index (χ2n) is 4.32. The normalized spacial score (nSPS) is 12.3. The number of hydrogen-bond donors (Lipinski definition) is 1. The second-order valence-corrected chi connectivity index (χ2v) is 5.23. The molecule has 0 saturated heterocycles. The largest absolute Gasteiger partial charge is 0.349 e. The van der Waals surface area contributed by atoms with Crippen LogP contribution in [0.3, 0.4) is 0 Å². The average molecular weight is 259 g/mol. The Labute approximate surface area is 112 Å². The zero-order valence-corrected chi connectivity index (χ0v) is 11.5. The number of nitrogens with one attached hydrogen (secondary N) is 1. The highest BCUT2D eigenvalue weighted by molar-refractivity contribution is 7.98. The molecule has 2 aromatic carbocycles. The molecule has 2 nitrogen and oxygen atoms in total. The predicted octanol–water partition coefficient (Wildman–Crippen LogP) is 3.38. The summed E-state index contributed by atoms with van der Waals surface area (Å²) in [5.41, 5.74) is 1.17. The Hall–Kier alpha value is -1.48. The molecule has 3 heteroatoms. The van der Waals surface area contributed by atoms with Crippen molar-refractivity contribution in [3.8, 4) is 0 Å². The van der Waals surface area contributed by atoms with Crippen LogP contribution in [-0.4, -0.2) is 17.9 Å². The molecule has 1 amide bonds. The van der Waals surface area contributed by atoms with Crippen molar-refractivity contribution >= 4 is 28.4 Å². The van der Waals surface area contributed by atoms with Crippen molar-refractivity contribution in [1.29, 1.82) is 0 Å². The minimum absolute atomic E-state index is 0.0159. The van der Waals surface area contributed by atoms with Gasteiger partial charge in [-0.05, 0) is 28.7 Å². The molecule has 0 aromatic heterocycles. The van der Waals surface area contributed by atoms with E-state index in [1.807, 2.05) is 12.1 Å². The standard InChI is InChI=1S/C15H17NOS/c1-11(17)16-15(10-18-2)14-8-7-12-5-3-4-6-13(12)9-14/h3-9,15H,10H2,1-2H3,(H,16,17)/t15-/m1/s1. The quantitative estimate of drug-likeness (QED) is 0.912. The van der Waals surface area contributed by atoms with E-state index in [1.165, 1.54) is 16.3 Å². The molecule has 0 heterocycles. The maximum absolute atomic E-state index is 11.2. The zero-order valence-electron chi connectivity index (χ0n) is 10.6. The van der Waals surface area contributed by atoms with Crippen LogP contribution in [0.25, 0.3) is 10.8 Å². The molecule has 0 fully saturated rings. The van der Waals surface area contributed by atoms with Gasteiger partial charge in [-0.2, -0.15) is 11.8 Å². The third kappa shape index (κ3) is 3.05. The third-order valence-corrected chi connectivity index (χ3v) is 3.55. The van der Waals surface area contributed by atoms with Gasteiger partial charge in [-0.3, -0.25) is 4.79 Å². The fraction of sp³-hybridized carbons (Fsp3) is 0.267. The number of carbonyl (C=O) groups excluding carboxylic acids is 1. The molecular weight excluding hydrogens is 242 g/mol. The molecule has 0 bridgehead atoms. The first-order valence-electron chi connectivity index (χ1n) is 5.95. The van der Waals surface area contributed by atoms with E-state index >= 15 is 0 Å². The highest BCUT2D eigenvalue weighted by atomic mass is 32.2. The van der Waals surface area contributed by atoms with E-state index in [0.717, 1.165) is 5.75 Å². The molecule has 0 radical (unpaired) electrons. The molecule has 1 atom stereocenters. The van der Waals surface area contributed by atoms with Gasteiger partial charge in [0.15, 0.2) is 0 Å². The smallest absolute Gasteiger partial charge is 0.217 e. The topological polar surface area (TPSA) is 29.1 Å². The van der Waals surface area contributed by atoms with Gasteiger partial charge in [0.1, 0.15) is 0 Å².